The number of nitrogens with zero attached hydrogens (tertiary/aromatic N) is 2. The van der Waals surface area contributed by atoms with Crippen LogP contribution in [0.3, 0.4) is 0 Å². The first-order valence-electron chi connectivity index (χ1n) is 13.1. The largest absolute Gasteiger partial charge is 0.492 e. The van der Waals surface area contributed by atoms with Crippen LogP contribution in [-0.4, -0.2) is 35.2 Å². The van der Waals surface area contributed by atoms with Crippen LogP contribution >= 0.6 is 23.2 Å². The highest BCUT2D eigenvalue weighted by atomic mass is 35.5. The third kappa shape index (κ3) is 8.40. The molecule has 0 bridgehead atoms. The Morgan fingerprint density at radius 2 is 1.63 bits per heavy atom. The Balaban J connectivity index is 1.16. The molecule has 38 heavy (non-hydrogen) atoms. The van der Waals surface area contributed by atoms with Gasteiger partial charge in [-0.15, -0.1) is 0 Å². The number of carbonyl (C=O) groups excluding carboxylic acids is 1. The minimum absolute atomic E-state index is 0.00488. The SMILES string of the molecule is O=C(COc1ccc(Cl)cc1)NCCCCCc1nc2ccccc2n1CCCCOc1ccccc1Cl. The van der Waals surface area contributed by atoms with Crippen molar-refractivity contribution in [3.8, 4) is 11.5 Å². The van der Waals surface area contributed by atoms with Gasteiger partial charge in [0, 0.05) is 24.5 Å². The van der Waals surface area contributed by atoms with E-state index in [0.717, 1.165) is 62.2 Å². The first kappa shape index (κ1) is 27.8. The lowest BCUT2D eigenvalue weighted by molar-refractivity contribution is -0.123. The molecule has 1 N–H and O–H groups in total. The summed E-state index contributed by atoms with van der Waals surface area (Å²) in [6.45, 7) is 2.15. The van der Waals surface area contributed by atoms with Gasteiger partial charge >= 0.3 is 0 Å². The predicted octanol–water partition coefficient (Wildman–Crippen LogP) is 7.11. The second-order valence-corrected chi connectivity index (χ2v) is 9.90. The standard InChI is InChI=1S/C30H33Cl2N3O3/c31-23-15-17-24(18-16-23)38-22-30(36)33-19-7-1-2-14-29-34-26-11-4-5-12-27(26)35(29)20-8-9-21-37-28-13-6-3-10-25(28)32/h3-6,10-13,15-18H,1-2,7-9,14,19-22H2,(H,33,36). The summed E-state index contributed by atoms with van der Waals surface area (Å²) in [7, 11) is 0. The number of aromatic nitrogens is 2. The number of halogens is 2. The van der Waals surface area contributed by atoms with Gasteiger partial charge in [0.25, 0.3) is 5.91 Å². The van der Waals surface area contributed by atoms with Crippen LogP contribution in [0.2, 0.25) is 10.0 Å². The number of ether oxygens (including phenoxy) is 2. The Kier molecular flexibility index (Phi) is 10.7. The van der Waals surface area contributed by atoms with Crippen LogP contribution in [0.4, 0.5) is 0 Å². The van der Waals surface area contributed by atoms with Crippen LogP contribution < -0.4 is 14.8 Å². The number of para-hydroxylation sites is 3. The maximum Gasteiger partial charge on any atom is 0.257 e. The number of hydrogen-bond acceptors (Lipinski definition) is 4. The molecule has 200 valence electrons. The predicted molar refractivity (Wildman–Crippen MR) is 153 cm³/mol. The Bertz CT molecular complexity index is 1310. The second kappa shape index (κ2) is 14.6. The van der Waals surface area contributed by atoms with Crippen molar-refractivity contribution in [3.05, 3.63) is 88.7 Å². The number of imidazole rings is 1. The summed E-state index contributed by atoms with van der Waals surface area (Å²) in [6.07, 6.45) is 5.74. The number of nitrogens with one attached hydrogen (secondary N) is 1. The molecular formula is C30H33Cl2N3O3. The average molecular weight is 555 g/mol. The summed E-state index contributed by atoms with van der Waals surface area (Å²) < 4.78 is 13.7. The normalized spacial score (nSPS) is 11.0. The van der Waals surface area contributed by atoms with Gasteiger partial charge < -0.3 is 19.4 Å². The molecule has 3 aromatic carbocycles. The average Bonchev–Trinajstić information content (AvgIpc) is 3.28. The lowest BCUT2D eigenvalue weighted by atomic mass is 10.2. The molecular weight excluding hydrogens is 521 g/mol. The molecule has 0 aliphatic heterocycles. The van der Waals surface area contributed by atoms with E-state index in [2.05, 4.69) is 28.1 Å². The fourth-order valence-corrected chi connectivity index (χ4v) is 4.54. The van der Waals surface area contributed by atoms with E-state index < -0.39 is 0 Å². The van der Waals surface area contributed by atoms with E-state index in [1.165, 1.54) is 5.52 Å². The molecule has 0 saturated heterocycles. The van der Waals surface area contributed by atoms with Crippen LogP contribution in [0, 0.1) is 0 Å². The number of amides is 1. The van der Waals surface area contributed by atoms with Gasteiger partial charge in [-0.25, -0.2) is 4.98 Å². The van der Waals surface area contributed by atoms with E-state index in [-0.39, 0.29) is 12.5 Å². The number of benzene rings is 3. The second-order valence-electron chi connectivity index (χ2n) is 9.06. The number of fused-ring (bicyclic) bond motifs is 1. The number of rotatable bonds is 15. The summed E-state index contributed by atoms with van der Waals surface area (Å²) >= 11 is 12.0. The molecule has 0 aliphatic carbocycles. The highest BCUT2D eigenvalue weighted by Crippen LogP contribution is 2.24. The minimum Gasteiger partial charge on any atom is -0.492 e. The van der Waals surface area contributed by atoms with Crippen molar-refractivity contribution in [1.29, 1.82) is 0 Å². The van der Waals surface area contributed by atoms with Gasteiger partial charge in [-0.1, -0.05) is 53.9 Å². The third-order valence-electron chi connectivity index (χ3n) is 6.19. The smallest absolute Gasteiger partial charge is 0.257 e. The summed E-state index contributed by atoms with van der Waals surface area (Å²) in [5.41, 5.74) is 2.20. The maximum absolute atomic E-state index is 12.0. The molecule has 4 aromatic rings. The van der Waals surface area contributed by atoms with E-state index in [1.807, 2.05) is 30.3 Å². The molecule has 1 aromatic heterocycles. The molecule has 0 unspecified atom stereocenters. The Morgan fingerprint density at radius 1 is 0.842 bits per heavy atom. The van der Waals surface area contributed by atoms with Gasteiger partial charge in [0.05, 0.1) is 22.7 Å². The Hall–Kier alpha value is -3.22. The van der Waals surface area contributed by atoms with E-state index in [9.17, 15) is 4.79 Å². The molecule has 1 amide bonds. The third-order valence-corrected chi connectivity index (χ3v) is 6.75. The summed E-state index contributed by atoms with van der Waals surface area (Å²) in [4.78, 5) is 16.9. The zero-order chi connectivity index (χ0) is 26.6. The molecule has 1 heterocycles. The van der Waals surface area contributed by atoms with Crippen LogP contribution in [0.25, 0.3) is 11.0 Å². The van der Waals surface area contributed by atoms with Crippen molar-refractivity contribution in [2.24, 2.45) is 0 Å². The zero-order valence-corrected chi connectivity index (χ0v) is 22.9. The Labute approximate surface area is 233 Å². The molecule has 6 nitrogen and oxygen atoms in total. The van der Waals surface area contributed by atoms with Gasteiger partial charge in [0.1, 0.15) is 17.3 Å². The maximum atomic E-state index is 12.0. The minimum atomic E-state index is -0.125. The molecule has 0 fully saturated rings. The quantitative estimate of drug-likeness (QED) is 0.159. The summed E-state index contributed by atoms with van der Waals surface area (Å²) in [5.74, 6) is 2.34. The summed E-state index contributed by atoms with van der Waals surface area (Å²) in [6, 6.07) is 22.8. The number of hydrogen-bond donors (Lipinski definition) is 1. The van der Waals surface area contributed by atoms with Gasteiger partial charge in [-0.3, -0.25) is 4.79 Å². The van der Waals surface area contributed by atoms with Crippen molar-refractivity contribution >= 4 is 40.1 Å². The first-order chi connectivity index (χ1) is 18.6. The van der Waals surface area contributed by atoms with Gasteiger partial charge in [-0.05, 0) is 74.2 Å². The molecule has 0 aliphatic rings. The number of carbonyl (C=O) groups is 1. The van der Waals surface area contributed by atoms with Gasteiger partial charge in [0.15, 0.2) is 6.61 Å². The van der Waals surface area contributed by atoms with Gasteiger partial charge in [0.2, 0.25) is 0 Å². The lowest BCUT2D eigenvalue weighted by Crippen LogP contribution is -2.29. The van der Waals surface area contributed by atoms with Crippen LogP contribution in [0.15, 0.2) is 72.8 Å². The number of aryl methyl sites for hydroxylation is 2. The molecule has 0 atom stereocenters. The molecule has 4 rings (SSSR count). The molecule has 8 heteroatoms. The lowest BCUT2D eigenvalue weighted by Gasteiger charge is -2.11. The Morgan fingerprint density at radius 3 is 2.47 bits per heavy atom. The van der Waals surface area contributed by atoms with E-state index >= 15 is 0 Å². The van der Waals surface area contributed by atoms with Gasteiger partial charge in [-0.2, -0.15) is 0 Å². The van der Waals surface area contributed by atoms with E-state index in [4.69, 9.17) is 37.7 Å². The van der Waals surface area contributed by atoms with Crippen LogP contribution in [0.1, 0.15) is 37.9 Å². The van der Waals surface area contributed by atoms with E-state index in [0.29, 0.717) is 28.9 Å². The van der Waals surface area contributed by atoms with Crippen molar-refractivity contribution in [2.75, 3.05) is 19.8 Å². The molecule has 0 spiro atoms. The fraction of sp³-hybridized carbons (Fsp3) is 0.333. The van der Waals surface area contributed by atoms with Crippen molar-refractivity contribution in [2.45, 2.75) is 45.1 Å². The van der Waals surface area contributed by atoms with Crippen molar-refractivity contribution in [3.63, 3.8) is 0 Å². The zero-order valence-electron chi connectivity index (χ0n) is 21.4. The van der Waals surface area contributed by atoms with Crippen LogP contribution in [-0.2, 0) is 17.8 Å². The highest BCUT2D eigenvalue weighted by molar-refractivity contribution is 6.32. The van der Waals surface area contributed by atoms with Crippen molar-refractivity contribution < 1.29 is 14.3 Å². The molecule has 0 radical (unpaired) electrons. The molecule has 0 saturated carbocycles. The highest BCUT2D eigenvalue weighted by Gasteiger charge is 2.10. The van der Waals surface area contributed by atoms with E-state index in [1.54, 1.807) is 24.3 Å². The van der Waals surface area contributed by atoms with Crippen LogP contribution in [0.5, 0.6) is 11.5 Å². The topological polar surface area (TPSA) is 65.4 Å². The summed E-state index contributed by atoms with van der Waals surface area (Å²) in [5, 5.41) is 4.20. The van der Waals surface area contributed by atoms with Crippen molar-refractivity contribution in [1.82, 2.24) is 14.9 Å². The first-order valence-corrected chi connectivity index (χ1v) is 13.8. The fourth-order valence-electron chi connectivity index (χ4n) is 4.23. The monoisotopic (exact) mass is 553 g/mol. The number of unbranched alkanes of at least 4 members (excludes halogenated alkanes) is 3.